The first kappa shape index (κ1) is 11.9. The topological polar surface area (TPSA) is 65.5 Å². The second-order valence-electron chi connectivity index (χ2n) is 4.31. The van der Waals surface area contributed by atoms with Crippen molar-refractivity contribution in [2.45, 2.75) is 18.9 Å². The predicted molar refractivity (Wildman–Crippen MR) is 63.9 cm³/mol. The molecule has 2 rings (SSSR count). The molecule has 0 aliphatic carbocycles. The third-order valence-electron chi connectivity index (χ3n) is 3.09. The van der Waals surface area contributed by atoms with Gasteiger partial charge >= 0.3 is 0 Å². The maximum atomic E-state index is 12.2. The average molecular weight is 235 g/mol. The molecule has 0 saturated carbocycles. The maximum Gasteiger partial charge on any atom is 0.255 e. The Hall–Kier alpha value is -1.62. The molecule has 1 unspecified atom stereocenters. The highest BCUT2D eigenvalue weighted by molar-refractivity contribution is 5.94. The summed E-state index contributed by atoms with van der Waals surface area (Å²) >= 11 is 0. The van der Waals surface area contributed by atoms with Crippen LogP contribution in [0.4, 0.5) is 0 Å². The molecule has 0 bridgehead atoms. The number of piperidine rings is 1. The Morgan fingerprint density at radius 1 is 1.59 bits per heavy atom. The number of likely N-dealkylation sites (tertiary alicyclic amines) is 1. The van der Waals surface area contributed by atoms with E-state index in [0.717, 1.165) is 19.4 Å². The van der Waals surface area contributed by atoms with E-state index in [4.69, 9.17) is 0 Å². The van der Waals surface area contributed by atoms with Gasteiger partial charge in [0.2, 0.25) is 0 Å². The highest BCUT2D eigenvalue weighted by atomic mass is 16.3. The number of pyridine rings is 1. The molecule has 2 heterocycles. The summed E-state index contributed by atoms with van der Waals surface area (Å²) < 4.78 is 0. The third-order valence-corrected chi connectivity index (χ3v) is 3.09. The number of carbonyl (C=O) groups excluding carboxylic acids is 1. The molecule has 0 radical (unpaired) electrons. The summed E-state index contributed by atoms with van der Waals surface area (Å²) in [6, 6.07) is 1.82. The van der Waals surface area contributed by atoms with Gasteiger partial charge in [-0.3, -0.25) is 9.78 Å². The zero-order chi connectivity index (χ0) is 12.3. The summed E-state index contributed by atoms with van der Waals surface area (Å²) in [6.07, 6.45) is 4.91. The Morgan fingerprint density at radius 3 is 3.12 bits per heavy atom. The van der Waals surface area contributed by atoms with E-state index in [1.807, 2.05) is 7.05 Å². The summed E-state index contributed by atoms with van der Waals surface area (Å²) in [7, 11) is 1.91. The van der Waals surface area contributed by atoms with Crippen molar-refractivity contribution in [1.82, 2.24) is 15.2 Å². The van der Waals surface area contributed by atoms with Crippen LogP contribution in [0.1, 0.15) is 23.2 Å². The van der Waals surface area contributed by atoms with Crippen LogP contribution in [-0.2, 0) is 0 Å². The zero-order valence-corrected chi connectivity index (χ0v) is 9.89. The van der Waals surface area contributed by atoms with Crippen LogP contribution in [0, 0.1) is 0 Å². The van der Waals surface area contributed by atoms with Crippen LogP contribution >= 0.6 is 0 Å². The van der Waals surface area contributed by atoms with E-state index in [1.54, 1.807) is 4.90 Å². The fourth-order valence-corrected chi connectivity index (χ4v) is 2.12. The Balaban J connectivity index is 2.09. The molecule has 1 amide bonds. The van der Waals surface area contributed by atoms with Gasteiger partial charge in [0.25, 0.3) is 5.91 Å². The van der Waals surface area contributed by atoms with Gasteiger partial charge in [-0.05, 0) is 26.0 Å². The number of hydrogen-bond acceptors (Lipinski definition) is 4. The van der Waals surface area contributed by atoms with Gasteiger partial charge in [-0.25, -0.2) is 0 Å². The van der Waals surface area contributed by atoms with Crippen molar-refractivity contribution < 1.29 is 9.90 Å². The third kappa shape index (κ3) is 2.74. The van der Waals surface area contributed by atoms with Crippen molar-refractivity contribution in [2.24, 2.45) is 0 Å². The summed E-state index contributed by atoms with van der Waals surface area (Å²) in [5.41, 5.74) is 0.446. The van der Waals surface area contributed by atoms with Crippen LogP contribution in [0.5, 0.6) is 5.75 Å². The SMILES string of the molecule is CNC1CCCN(C(=O)c2cncc(O)c2)C1. The van der Waals surface area contributed by atoms with Crippen molar-refractivity contribution in [3.05, 3.63) is 24.0 Å². The molecular weight excluding hydrogens is 218 g/mol. The molecule has 0 spiro atoms. The lowest BCUT2D eigenvalue weighted by molar-refractivity contribution is 0.0697. The van der Waals surface area contributed by atoms with Crippen molar-refractivity contribution in [1.29, 1.82) is 0 Å². The summed E-state index contributed by atoms with van der Waals surface area (Å²) in [5.74, 6) is -0.0358. The number of hydrogen-bond donors (Lipinski definition) is 2. The maximum absolute atomic E-state index is 12.2. The Morgan fingerprint density at radius 2 is 2.41 bits per heavy atom. The number of aromatic hydroxyl groups is 1. The molecule has 1 aromatic rings. The largest absolute Gasteiger partial charge is 0.506 e. The van der Waals surface area contributed by atoms with Crippen LogP contribution in [0.15, 0.2) is 18.5 Å². The molecule has 1 aromatic heterocycles. The summed E-state index contributed by atoms with van der Waals surface area (Å²) in [4.78, 5) is 17.8. The Labute approximate surface area is 100 Å². The van der Waals surface area contributed by atoms with Gasteiger partial charge in [0.1, 0.15) is 5.75 Å². The number of nitrogens with one attached hydrogen (secondary N) is 1. The number of rotatable bonds is 2. The molecule has 1 atom stereocenters. The van der Waals surface area contributed by atoms with E-state index in [9.17, 15) is 9.90 Å². The van der Waals surface area contributed by atoms with Gasteiger partial charge in [-0.15, -0.1) is 0 Å². The smallest absolute Gasteiger partial charge is 0.255 e. The first-order valence-electron chi connectivity index (χ1n) is 5.81. The number of nitrogens with zero attached hydrogens (tertiary/aromatic N) is 2. The van der Waals surface area contributed by atoms with Crippen molar-refractivity contribution >= 4 is 5.91 Å². The lowest BCUT2D eigenvalue weighted by atomic mass is 10.1. The van der Waals surface area contributed by atoms with E-state index in [1.165, 1.54) is 18.5 Å². The molecule has 1 aliphatic rings. The first-order chi connectivity index (χ1) is 8.20. The summed E-state index contributed by atoms with van der Waals surface area (Å²) in [6.45, 7) is 1.48. The normalized spacial score (nSPS) is 20.3. The van der Waals surface area contributed by atoms with Crippen LogP contribution in [0.3, 0.4) is 0 Å². The van der Waals surface area contributed by atoms with Crippen molar-refractivity contribution in [3.63, 3.8) is 0 Å². The van der Waals surface area contributed by atoms with E-state index >= 15 is 0 Å². The minimum atomic E-state index is -0.0617. The monoisotopic (exact) mass is 235 g/mol. The molecule has 5 heteroatoms. The standard InChI is InChI=1S/C12H17N3O2/c1-13-10-3-2-4-15(8-10)12(17)9-5-11(16)7-14-6-9/h5-7,10,13,16H,2-4,8H2,1H3. The first-order valence-corrected chi connectivity index (χ1v) is 5.81. The fourth-order valence-electron chi connectivity index (χ4n) is 2.12. The second kappa shape index (κ2) is 5.14. The zero-order valence-electron chi connectivity index (χ0n) is 9.89. The van der Waals surface area contributed by atoms with Crippen molar-refractivity contribution in [2.75, 3.05) is 20.1 Å². The molecule has 92 valence electrons. The Kier molecular flexibility index (Phi) is 3.58. The highest BCUT2D eigenvalue weighted by Gasteiger charge is 2.23. The fraction of sp³-hybridized carbons (Fsp3) is 0.500. The minimum Gasteiger partial charge on any atom is -0.506 e. The van der Waals surface area contributed by atoms with Gasteiger partial charge in [0.15, 0.2) is 0 Å². The average Bonchev–Trinajstić information content (AvgIpc) is 2.38. The molecule has 17 heavy (non-hydrogen) atoms. The molecule has 1 aliphatic heterocycles. The van der Waals surface area contributed by atoms with Gasteiger partial charge < -0.3 is 15.3 Å². The van der Waals surface area contributed by atoms with Crippen LogP contribution < -0.4 is 5.32 Å². The summed E-state index contributed by atoms with van der Waals surface area (Å²) in [5, 5.41) is 12.5. The second-order valence-corrected chi connectivity index (χ2v) is 4.31. The Bertz CT molecular complexity index is 408. The van der Waals surface area contributed by atoms with Gasteiger partial charge in [0, 0.05) is 25.3 Å². The van der Waals surface area contributed by atoms with E-state index in [-0.39, 0.29) is 11.7 Å². The van der Waals surface area contributed by atoms with E-state index < -0.39 is 0 Å². The highest BCUT2D eigenvalue weighted by Crippen LogP contribution is 2.15. The van der Waals surface area contributed by atoms with Gasteiger partial charge in [-0.1, -0.05) is 0 Å². The van der Waals surface area contributed by atoms with Gasteiger partial charge in [0.05, 0.1) is 11.8 Å². The minimum absolute atomic E-state index is 0.0259. The molecule has 2 N–H and O–H groups in total. The van der Waals surface area contributed by atoms with E-state index in [2.05, 4.69) is 10.3 Å². The number of amides is 1. The van der Waals surface area contributed by atoms with E-state index in [0.29, 0.717) is 18.2 Å². The quantitative estimate of drug-likeness (QED) is 0.788. The van der Waals surface area contributed by atoms with Crippen molar-refractivity contribution in [3.8, 4) is 5.75 Å². The van der Waals surface area contributed by atoms with Crippen LogP contribution in [0.25, 0.3) is 0 Å². The lowest BCUT2D eigenvalue weighted by Crippen LogP contribution is -2.46. The molecular formula is C12H17N3O2. The number of likely N-dealkylation sites (N-methyl/N-ethyl adjacent to an activating group) is 1. The van der Waals surface area contributed by atoms with Crippen LogP contribution in [0.2, 0.25) is 0 Å². The number of aromatic nitrogens is 1. The number of carbonyl (C=O) groups is 1. The predicted octanol–water partition coefficient (Wildman–Crippen LogP) is 0.611. The molecule has 0 aromatic carbocycles. The van der Waals surface area contributed by atoms with Crippen LogP contribution in [-0.4, -0.2) is 47.1 Å². The van der Waals surface area contributed by atoms with Gasteiger partial charge in [-0.2, -0.15) is 0 Å². The molecule has 5 nitrogen and oxygen atoms in total. The lowest BCUT2D eigenvalue weighted by Gasteiger charge is -2.32. The molecule has 1 saturated heterocycles. The molecule has 1 fully saturated rings.